The molecule has 1 rings (SSSR count). The molecule has 0 radical (unpaired) electrons. The molecule has 12 heavy (non-hydrogen) atoms. The number of aromatic nitrogens is 2. The summed E-state index contributed by atoms with van der Waals surface area (Å²) >= 11 is 0. The van der Waals surface area contributed by atoms with Crippen molar-refractivity contribution in [1.82, 2.24) is 9.97 Å². The molecule has 0 aromatic carbocycles. The second-order valence-electron chi connectivity index (χ2n) is 4.22. The van der Waals surface area contributed by atoms with Gasteiger partial charge in [-0.2, -0.15) is 0 Å². The molecule has 0 spiro atoms. The van der Waals surface area contributed by atoms with E-state index in [0.717, 1.165) is 5.69 Å². The summed E-state index contributed by atoms with van der Waals surface area (Å²) in [5, 5.41) is 0. The molecular formula is C10H16N2. The van der Waals surface area contributed by atoms with Gasteiger partial charge in [-0.1, -0.05) is 27.7 Å². The molecule has 0 amide bonds. The zero-order valence-electron chi connectivity index (χ0n) is 8.20. The zero-order valence-corrected chi connectivity index (χ0v) is 8.20. The first-order valence-corrected chi connectivity index (χ1v) is 4.27. The molecule has 0 aliphatic carbocycles. The normalized spacial score (nSPS) is 14.3. The summed E-state index contributed by atoms with van der Waals surface area (Å²) in [6, 6.07) is 0. The first-order chi connectivity index (χ1) is 5.52. The highest BCUT2D eigenvalue weighted by Crippen LogP contribution is 2.32. The van der Waals surface area contributed by atoms with Crippen LogP contribution in [0.25, 0.3) is 0 Å². The average molecular weight is 164 g/mol. The molecule has 66 valence electrons. The van der Waals surface area contributed by atoms with E-state index < -0.39 is 0 Å². The number of hydrogen-bond donors (Lipinski definition) is 0. The third kappa shape index (κ3) is 2.03. The van der Waals surface area contributed by atoms with Crippen molar-refractivity contribution in [3.05, 3.63) is 24.3 Å². The SMILES string of the molecule is C[C@H](c1cnccn1)C(C)(C)C. The lowest BCUT2D eigenvalue weighted by Gasteiger charge is -2.26. The number of hydrogen-bond acceptors (Lipinski definition) is 2. The molecular weight excluding hydrogens is 148 g/mol. The van der Waals surface area contributed by atoms with Crippen LogP contribution in [0.4, 0.5) is 0 Å². The lowest BCUT2D eigenvalue weighted by Crippen LogP contribution is -2.16. The van der Waals surface area contributed by atoms with Crippen LogP contribution >= 0.6 is 0 Å². The average Bonchev–Trinajstić information content (AvgIpc) is 2.03. The van der Waals surface area contributed by atoms with Gasteiger partial charge in [0.15, 0.2) is 0 Å². The van der Waals surface area contributed by atoms with Crippen molar-refractivity contribution < 1.29 is 0 Å². The fraction of sp³-hybridized carbons (Fsp3) is 0.600. The third-order valence-corrected chi connectivity index (χ3v) is 2.33. The van der Waals surface area contributed by atoms with Crippen LogP contribution in [-0.2, 0) is 0 Å². The maximum atomic E-state index is 4.28. The van der Waals surface area contributed by atoms with Gasteiger partial charge in [-0.25, -0.2) is 0 Å². The standard InChI is InChI=1S/C10H16N2/c1-8(10(2,3)4)9-7-11-5-6-12-9/h5-8H,1-4H3/t8-/m1/s1. The molecule has 0 unspecified atom stereocenters. The van der Waals surface area contributed by atoms with Gasteiger partial charge in [-0.3, -0.25) is 9.97 Å². The molecule has 1 heterocycles. The fourth-order valence-corrected chi connectivity index (χ4v) is 0.978. The molecule has 0 N–H and O–H groups in total. The van der Waals surface area contributed by atoms with Crippen LogP contribution in [0.15, 0.2) is 18.6 Å². The predicted molar refractivity (Wildman–Crippen MR) is 49.9 cm³/mol. The van der Waals surface area contributed by atoms with Gasteiger partial charge in [0.1, 0.15) is 0 Å². The topological polar surface area (TPSA) is 25.8 Å². The van der Waals surface area contributed by atoms with Crippen LogP contribution in [0.3, 0.4) is 0 Å². The maximum Gasteiger partial charge on any atom is 0.0620 e. The number of nitrogens with zero attached hydrogens (tertiary/aromatic N) is 2. The van der Waals surface area contributed by atoms with Crippen LogP contribution in [0.5, 0.6) is 0 Å². The Morgan fingerprint density at radius 3 is 2.33 bits per heavy atom. The Hall–Kier alpha value is -0.920. The summed E-state index contributed by atoms with van der Waals surface area (Å²) in [7, 11) is 0. The van der Waals surface area contributed by atoms with Crippen molar-refractivity contribution >= 4 is 0 Å². The lowest BCUT2D eigenvalue weighted by atomic mass is 9.80. The van der Waals surface area contributed by atoms with Crippen LogP contribution in [0.2, 0.25) is 0 Å². The summed E-state index contributed by atoms with van der Waals surface area (Å²) in [6.45, 7) is 8.83. The highest BCUT2D eigenvalue weighted by Gasteiger charge is 2.22. The van der Waals surface area contributed by atoms with Crippen LogP contribution in [0, 0.1) is 5.41 Å². The van der Waals surface area contributed by atoms with E-state index in [1.54, 1.807) is 12.4 Å². The molecule has 0 aliphatic rings. The van der Waals surface area contributed by atoms with Crippen molar-refractivity contribution in [2.75, 3.05) is 0 Å². The van der Waals surface area contributed by atoms with Gasteiger partial charge in [0.2, 0.25) is 0 Å². The van der Waals surface area contributed by atoms with E-state index >= 15 is 0 Å². The van der Waals surface area contributed by atoms with Crippen LogP contribution in [0.1, 0.15) is 39.3 Å². The summed E-state index contributed by atoms with van der Waals surface area (Å²) < 4.78 is 0. The molecule has 1 aromatic heterocycles. The maximum absolute atomic E-state index is 4.28. The van der Waals surface area contributed by atoms with Crippen molar-refractivity contribution in [2.45, 2.75) is 33.6 Å². The molecule has 0 bridgehead atoms. The summed E-state index contributed by atoms with van der Waals surface area (Å²) in [4.78, 5) is 8.34. The Labute approximate surface area is 74.1 Å². The Balaban J connectivity index is 2.86. The minimum atomic E-state index is 0.260. The summed E-state index contributed by atoms with van der Waals surface area (Å²) in [5.41, 5.74) is 1.33. The Morgan fingerprint density at radius 1 is 1.25 bits per heavy atom. The molecule has 2 heteroatoms. The molecule has 1 atom stereocenters. The smallest absolute Gasteiger partial charge is 0.0620 e. The van der Waals surface area contributed by atoms with E-state index in [1.807, 2.05) is 6.20 Å². The van der Waals surface area contributed by atoms with Gasteiger partial charge in [-0.05, 0) is 5.41 Å². The second kappa shape index (κ2) is 3.21. The highest BCUT2D eigenvalue weighted by atomic mass is 14.8. The lowest BCUT2D eigenvalue weighted by molar-refractivity contribution is 0.333. The minimum Gasteiger partial charge on any atom is -0.261 e. The van der Waals surface area contributed by atoms with E-state index in [2.05, 4.69) is 37.7 Å². The molecule has 2 nitrogen and oxygen atoms in total. The minimum absolute atomic E-state index is 0.260. The van der Waals surface area contributed by atoms with Crippen LogP contribution in [-0.4, -0.2) is 9.97 Å². The Bertz CT molecular complexity index is 236. The summed E-state index contributed by atoms with van der Waals surface area (Å²) in [5.74, 6) is 0.450. The molecule has 0 saturated carbocycles. The molecule has 0 saturated heterocycles. The van der Waals surface area contributed by atoms with E-state index in [1.165, 1.54) is 0 Å². The van der Waals surface area contributed by atoms with Gasteiger partial charge in [0.05, 0.1) is 5.69 Å². The zero-order chi connectivity index (χ0) is 9.19. The Morgan fingerprint density at radius 2 is 1.92 bits per heavy atom. The van der Waals surface area contributed by atoms with E-state index in [9.17, 15) is 0 Å². The van der Waals surface area contributed by atoms with Gasteiger partial charge in [0, 0.05) is 24.5 Å². The monoisotopic (exact) mass is 164 g/mol. The van der Waals surface area contributed by atoms with Crippen molar-refractivity contribution in [3.63, 3.8) is 0 Å². The van der Waals surface area contributed by atoms with Gasteiger partial charge >= 0.3 is 0 Å². The molecule has 0 fully saturated rings. The third-order valence-electron chi connectivity index (χ3n) is 2.33. The van der Waals surface area contributed by atoms with Gasteiger partial charge in [0.25, 0.3) is 0 Å². The van der Waals surface area contributed by atoms with Gasteiger partial charge in [-0.15, -0.1) is 0 Å². The fourth-order valence-electron chi connectivity index (χ4n) is 0.978. The van der Waals surface area contributed by atoms with Crippen molar-refractivity contribution in [1.29, 1.82) is 0 Å². The molecule has 0 aliphatic heterocycles. The van der Waals surface area contributed by atoms with E-state index in [4.69, 9.17) is 0 Å². The number of rotatable bonds is 1. The van der Waals surface area contributed by atoms with Crippen molar-refractivity contribution in [3.8, 4) is 0 Å². The first kappa shape index (κ1) is 9.17. The predicted octanol–water partition coefficient (Wildman–Crippen LogP) is 2.63. The quantitative estimate of drug-likeness (QED) is 0.637. The van der Waals surface area contributed by atoms with E-state index in [-0.39, 0.29) is 5.41 Å². The summed E-state index contributed by atoms with van der Waals surface area (Å²) in [6.07, 6.45) is 5.30. The Kier molecular flexibility index (Phi) is 2.46. The van der Waals surface area contributed by atoms with Gasteiger partial charge < -0.3 is 0 Å². The van der Waals surface area contributed by atoms with E-state index in [0.29, 0.717) is 5.92 Å². The molecule has 1 aromatic rings. The highest BCUT2D eigenvalue weighted by molar-refractivity contribution is 5.05. The van der Waals surface area contributed by atoms with Crippen LogP contribution < -0.4 is 0 Å². The first-order valence-electron chi connectivity index (χ1n) is 4.27. The van der Waals surface area contributed by atoms with Crippen molar-refractivity contribution in [2.24, 2.45) is 5.41 Å². The largest absolute Gasteiger partial charge is 0.261 e. The second-order valence-corrected chi connectivity index (χ2v) is 4.22.